The van der Waals surface area contributed by atoms with Gasteiger partial charge in [-0.1, -0.05) is 11.8 Å². The maximum atomic E-state index is 12.2. The molecule has 2 N–H and O–H groups in total. The fourth-order valence-corrected chi connectivity index (χ4v) is 3.37. The number of hydrogen-bond donors (Lipinski definition) is 2. The highest BCUT2D eigenvalue weighted by Gasteiger charge is 2.17. The third-order valence-corrected chi connectivity index (χ3v) is 5.09. The van der Waals surface area contributed by atoms with Crippen LogP contribution >= 0.6 is 11.8 Å². The third kappa shape index (κ3) is 4.30. The number of benzene rings is 2. The van der Waals surface area contributed by atoms with Gasteiger partial charge in [-0.05, 0) is 42.5 Å². The van der Waals surface area contributed by atoms with E-state index in [-0.39, 0.29) is 12.5 Å². The number of carbonyl (C=O) groups is 2. The topological polar surface area (TPSA) is 117 Å². The van der Waals surface area contributed by atoms with Crippen LogP contribution in [0.3, 0.4) is 0 Å². The number of nitrogens with zero attached hydrogens (tertiary/aromatic N) is 3. The number of methoxy groups -OCH3 is 1. The summed E-state index contributed by atoms with van der Waals surface area (Å²) < 4.78 is 17.3. The number of carbonyl (C=O) groups excluding carboxylic acids is 2. The number of amides is 2. The van der Waals surface area contributed by atoms with E-state index in [1.54, 1.807) is 36.2 Å². The van der Waals surface area contributed by atoms with E-state index in [0.717, 1.165) is 11.4 Å². The zero-order valence-corrected chi connectivity index (χ0v) is 16.6. The van der Waals surface area contributed by atoms with Crippen molar-refractivity contribution in [1.82, 2.24) is 25.6 Å². The lowest BCUT2D eigenvalue weighted by Crippen LogP contribution is -2.42. The van der Waals surface area contributed by atoms with E-state index in [1.807, 2.05) is 24.3 Å². The highest BCUT2D eigenvalue weighted by Crippen LogP contribution is 2.32. The van der Waals surface area contributed by atoms with Crippen LogP contribution in [0, 0.1) is 0 Å². The number of rotatable bonds is 6. The van der Waals surface area contributed by atoms with Crippen LogP contribution in [-0.4, -0.2) is 46.2 Å². The van der Waals surface area contributed by atoms with Gasteiger partial charge in [-0.3, -0.25) is 25.0 Å². The van der Waals surface area contributed by atoms with Gasteiger partial charge in [0, 0.05) is 11.3 Å². The summed E-state index contributed by atoms with van der Waals surface area (Å²) in [5.74, 6) is 0.983. The number of hydrazine groups is 1. The molecule has 2 aromatic carbocycles. The van der Waals surface area contributed by atoms with Gasteiger partial charge < -0.3 is 14.2 Å². The maximum Gasteiger partial charge on any atom is 0.269 e. The highest BCUT2D eigenvalue weighted by molar-refractivity contribution is 7.99. The van der Waals surface area contributed by atoms with Crippen LogP contribution in [0.1, 0.15) is 10.4 Å². The molecule has 0 unspecified atom stereocenters. The van der Waals surface area contributed by atoms with Crippen molar-refractivity contribution in [3.8, 4) is 22.9 Å². The molecule has 154 valence electrons. The molecule has 3 aromatic rings. The van der Waals surface area contributed by atoms with E-state index >= 15 is 0 Å². The number of nitrogens with one attached hydrogen (secondary N) is 2. The van der Waals surface area contributed by atoms with Gasteiger partial charge in [0.15, 0.2) is 16.7 Å². The first-order chi connectivity index (χ1) is 14.6. The molecule has 0 fully saturated rings. The minimum Gasteiger partial charge on any atom is -0.497 e. The van der Waals surface area contributed by atoms with E-state index in [9.17, 15) is 9.59 Å². The summed E-state index contributed by atoms with van der Waals surface area (Å²) in [5.41, 5.74) is 5.93. The first kappa shape index (κ1) is 19.6. The maximum absolute atomic E-state index is 12.2. The summed E-state index contributed by atoms with van der Waals surface area (Å²) in [6, 6.07) is 12.1. The number of fused-ring (bicyclic) bond motifs is 1. The zero-order valence-electron chi connectivity index (χ0n) is 15.8. The Hall–Kier alpha value is -3.73. The summed E-state index contributed by atoms with van der Waals surface area (Å²) in [5, 5.41) is 8.47. The van der Waals surface area contributed by atoms with Crippen LogP contribution in [-0.2, 0) is 4.79 Å². The summed E-state index contributed by atoms with van der Waals surface area (Å²) in [6.45, 7) is 0.121. The molecule has 4 rings (SSSR count). The zero-order chi connectivity index (χ0) is 20.9. The Morgan fingerprint density at radius 2 is 1.93 bits per heavy atom. The fraction of sp³-hybridized carbons (Fsp3) is 0.158. The molecule has 2 heterocycles. The Kier molecular flexibility index (Phi) is 5.70. The predicted molar refractivity (Wildman–Crippen MR) is 107 cm³/mol. The molecular weight excluding hydrogens is 410 g/mol. The summed E-state index contributed by atoms with van der Waals surface area (Å²) in [7, 11) is 1.60. The smallest absolute Gasteiger partial charge is 0.269 e. The van der Waals surface area contributed by atoms with Gasteiger partial charge in [-0.25, -0.2) is 0 Å². The second-order valence-electron chi connectivity index (χ2n) is 6.04. The van der Waals surface area contributed by atoms with Crippen molar-refractivity contribution in [3.05, 3.63) is 54.4 Å². The minimum absolute atomic E-state index is 0.0380. The molecule has 0 radical (unpaired) electrons. The molecule has 0 saturated carbocycles. The van der Waals surface area contributed by atoms with E-state index < -0.39 is 11.8 Å². The molecule has 1 aromatic heterocycles. The average Bonchev–Trinajstić information content (AvgIpc) is 3.44. The molecule has 2 amide bonds. The quantitative estimate of drug-likeness (QED) is 0.450. The number of thioether (sulfide) groups is 1. The Morgan fingerprint density at radius 3 is 2.73 bits per heavy atom. The first-order valence-electron chi connectivity index (χ1n) is 8.80. The fourth-order valence-electron chi connectivity index (χ4n) is 2.65. The van der Waals surface area contributed by atoms with E-state index in [1.165, 1.54) is 11.8 Å². The van der Waals surface area contributed by atoms with Crippen LogP contribution in [0.25, 0.3) is 5.69 Å². The monoisotopic (exact) mass is 427 g/mol. The molecule has 11 heteroatoms. The molecule has 0 bridgehead atoms. The summed E-state index contributed by atoms with van der Waals surface area (Å²) in [4.78, 5) is 24.3. The van der Waals surface area contributed by atoms with E-state index in [4.69, 9.17) is 14.2 Å². The van der Waals surface area contributed by atoms with Crippen molar-refractivity contribution in [2.75, 3.05) is 19.7 Å². The second kappa shape index (κ2) is 8.74. The number of hydrogen-bond acceptors (Lipinski definition) is 8. The Bertz CT molecular complexity index is 1070. The van der Waals surface area contributed by atoms with Gasteiger partial charge in [0.1, 0.15) is 12.1 Å². The normalized spacial score (nSPS) is 11.8. The number of ether oxygens (including phenoxy) is 3. The van der Waals surface area contributed by atoms with Crippen LogP contribution in [0.4, 0.5) is 0 Å². The van der Waals surface area contributed by atoms with Gasteiger partial charge in [-0.15, -0.1) is 10.2 Å². The Labute approximate surface area is 175 Å². The third-order valence-electron chi connectivity index (χ3n) is 4.15. The minimum atomic E-state index is -0.465. The molecule has 0 saturated heterocycles. The molecule has 30 heavy (non-hydrogen) atoms. The van der Waals surface area contributed by atoms with E-state index in [2.05, 4.69) is 21.0 Å². The van der Waals surface area contributed by atoms with Crippen LogP contribution in [0.15, 0.2) is 53.9 Å². The molecule has 0 atom stereocenters. The van der Waals surface area contributed by atoms with Gasteiger partial charge >= 0.3 is 0 Å². The molecule has 1 aliphatic rings. The van der Waals surface area contributed by atoms with Crippen LogP contribution < -0.4 is 25.1 Å². The lowest BCUT2D eigenvalue weighted by molar-refractivity contribution is -0.119. The van der Waals surface area contributed by atoms with E-state index in [0.29, 0.717) is 22.2 Å². The second-order valence-corrected chi connectivity index (χ2v) is 6.98. The lowest BCUT2D eigenvalue weighted by atomic mass is 10.2. The van der Waals surface area contributed by atoms with Gasteiger partial charge in [0.05, 0.1) is 12.9 Å². The first-order valence-corrected chi connectivity index (χ1v) is 9.78. The SMILES string of the molecule is COc1ccc(-n2cnnc2SCC(=O)NNC(=O)c2ccc3c(c2)OCO3)cc1. The predicted octanol–water partition coefficient (Wildman–Crippen LogP) is 1.56. The summed E-state index contributed by atoms with van der Waals surface area (Å²) >= 11 is 1.19. The standard InChI is InChI=1S/C19H17N5O5S/c1-27-14-5-3-13(4-6-14)24-10-20-23-19(24)30-9-17(25)21-22-18(26)12-2-7-15-16(8-12)29-11-28-15/h2-8,10H,9,11H2,1H3,(H,21,25)(H,22,26). The van der Waals surface area contributed by atoms with Gasteiger partial charge in [0.2, 0.25) is 12.7 Å². The molecule has 1 aliphatic heterocycles. The van der Waals surface area contributed by atoms with Crippen LogP contribution in [0.2, 0.25) is 0 Å². The molecular formula is C19H17N5O5S. The van der Waals surface area contributed by atoms with Gasteiger partial charge in [-0.2, -0.15) is 0 Å². The van der Waals surface area contributed by atoms with Crippen molar-refractivity contribution < 1.29 is 23.8 Å². The van der Waals surface area contributed by atoms with Gasteiger partial charge in [0.25, 0.3) is 5.91 Å². The van der Waals surface area contributed by atoms with Crippen molar-refractivity contribution in [3.63, 3.8) is 0 Å². The lowest BCUT2D eigenvalue weighted by Gasteiger charge is -2.09. The van der Waals surface area contributed by atoms with Crippen molar-refractivity contribution >= 4 is 23.6 Å². The molecule has 0 aliphatic carbocycles. The average molecular weight is 427 g/mol. The van der Waals surface area contributed by atoms with Crippen LogP contribution in [0.5, 0.6) is 17.2 Å². The molecule has 10 nitrogen and oxygen atoms in total. The number of aromatic nitrogens is 3. The Morgan fingerprint density at radius 1 is 1.13 bits per heavy atom. The molecule has 0 spiro atoms. The highest BCUT2D eigenvalue weighted by atomic mass is 32.2. The largest absolute Gasteiger partial charge is 0.497 e. The Balaban J connectivity index is 1.30. The van der Waals surface area contributed by atoms with Crippen molar-refractivity contribution in [2.45, 2.75) is 5.16 Å². The summed E-state index contributed by atoms with van der Waals surface area (Å²) in [6.07, 6.45) is 1.56. The van der Waals surface area contributed by atoms with Crippen molar-refractivity contribution in [1.29, 1.82) is 0 Å². The van der Waals surface area contributed by atoms with Crippen molar-refractivity contribution in [2.24, 2.45) is 0 Å².